The van der Waals surface area contributed by atoms with Gasteiger partial charge >= 0.3 is 0 Å². The molecule has 0 aromatic heterocycles. The lowest BCUT2D eigenvalue weighted by molar-refractivity contribution is -0.132. The van der Waals surface area contributed by atoms with E-state index in [1.807, 2.05) is 0 Å². The van der Waals surface area contributed by atoms with Crippen molar-refractivity contribution in [1.82, 2.24) is 9.62 Å². The monoisotopic (exact) mass is 419 g/mol. The molecule has 10 heteroatoms. The van der Waals surface area contributed by atoms with Crippen molar-refractivity contribution in [3.8, 4) is 11.5 Å². The number of halogens is 1. The van der Waals surface area contributed by atoms with Gasteiger partial charge in [0.05, 0.1) is 18.1 Å². The van der Waals surface area contributed by atoms with Crippen LogP contribution in [-0.2, 0) is 14.8 Å². The number of ether oxygens (including phenoxy) is 2. The summed E-state index contributed by atoms with van der Waals surface area (Å²) in [5, 5.41) is 0. The summed E-state index contributed by atoms with van der Waals surface area (Å²) in [5.74, 6) is 0.878. The number of sulfonamides is 1. The van der Waals surface area contributed by atoms with Crippen molar-refractivity contribution in [2.45, 2.75) is 36.6 Å². The summed E-state index contributed by atoms with van der Waals surface area (Å²) < 4.78 is 38.4. The third kappa shape index (κ3) is 5.71. The molecule has 0 spiro atoms. The smallest absolute Gasteiger partial charge is 0.240 e. The number of nitrogens with two attached hydrogens (primary N) is 1. The Morgan fingerprint density at radius 1 is 1.22 bits per heavy atom. The summed E-state index contributed by atoms with van der Waals surface area (Å²) in [7, 11) is -3.72. The second kappa shape index (κ2) is 9.59. The molecule has 3 N–H and O–H groups in total. The SMILES string of the molecule is Cl.NC1CCCN(C(=O)CCNS(=O)(=O)c2ccc3c(c2)OCCCO3)C1. The number of nitrogens with one attached hydrogen (secondary N) is 1. The van der Waals surface area contributed by atoms with E-state index in [4.69, 9.17) is 15.2 Å². The molecular formula is C17H26ClN3O5S. The van der Waals surface area contributed by atoms with Crippen molar-refractivity contribution in [2.75, 3.05) is 32.8 Å². The van der Waals surface area contributed by atoms with Crippen LogP contribution >= 0.6 is 12.4 Å². The Hall–Kier alpha value is -1.55. The van der Waals surface area contributed by atoms with Gasteiger partial charge in [-0.3, -0.25) is 4.79 Å². The molecule has 0 bridgehead atoms. The number of hydrogen-bond acceptors (Lipinski definition) is 6. The van der Waals surface area contributed by atoms with Gasteiger partial charge in [0.2, 0.25) is 15.9 Å². The summed E-state index contributed by atoms with van der Waals surface area (Å²) in [6.07, 6.45) is 2.66. The van der Waals surface area contributed by atoms with Crippen LogP contribution in [0.25, 0.3) is 0 Å². The molecule has 2 aliphatic heterocycles. The lowest BCUT2D eigenvalue weighted by Crippen LogP contribution is -2.46. The van der Waals surface area contributed by atoms with Crippen LogP contribution < -0.4 is 19.9 Å². The quantitative estimate of drug-likeness (QED) is 0.733. The van der Waals surface area contributed by atoms with Crippen LogP contribution in [0, 0.1) is 0 Å². The molecule has 2 heterocycles. The highest BCUT2D eigenvalue weighted by molar-refractivity contribution is 7.89. The van der Waals surface area contributed by atoms with Gasteiger partial charge in [0.15, 0.2) is 11.5 Å². The molecule has 0 radical (unpaired) electrons. The van der Waals surface area contributed by atoms with E-state index in [2.05, 4.69) is 4.72 Å². The number of carbonyl (C=O) groups is 1. The van der Waals surface area contributed by atoms with E-state index in [1.54, 1.807) is 11.0 Å². The van der Waals surface area contributed by atoms with E-state index in [0.29, 0.717) is 37.8 Å². The molecule has 2 aliphatic rings. The molecule has 1 saturated heterocycles. The van der Waals surface area contributed by atoms with Gasteiger partial charge in [-0.2, -0.15) is 0 Å². The maximum Gasteiger partial charge on any atom is 0.240 e. The highest BCUT2D eigenvalue weighted by Gasteiger charge is 2.22. The fourth-order valence-corrected chi connectivity index (χ4v) is 4.13. The number of likely N-dealkylation sites (tertiary alicyclic amines) is 1. The van der Waals surface area contributed by atoms with E-state index in [1.165, 1.54) is 12.1 Å². The number of amides is 1. The molecule has 1 aromatic carbocycles. The number of fused-ring (bicyclic) bond motifs is 1. The van der Waals surface area contributed by atoms with E-state index < -0.39 is 10.0 Å². The largest absolute Gasteiger partial charge is 0.490 e. The fourth-order valence-electron chi connectivity index (χ4n) is 3.08. The zero-order valence-electron chi connectivity index (χ0n) is 15.1. The van der Waals surface area contributed by atoms with Crippen molar-refractivity contribution in [1.29, 1.82) is 0 Å². The van der Waals surface area contributed by atoms with Crippen molar-refractivity contribution >= 4 is 28.3 Å². The highest BCUT2D eigenvalue weighted by atomic mass is 35.5. The minimum atomic E-state index is -3.72. The molecule has 152 valence electrons. The number of carbonyl (C=O) groups excluding carboxylic acids is 1. The Kier molecular flexibility index (Phi) is 7.72. The molecule has 1 fully saturated rings. The van der Waals surface area contributed by atoms with Crippen LogP contribution in [0.3, 0.4) is 0 Å². The minimum Gasteiger partial charge on any atom is -0.490 e. The first-order chi connectivity index (χ1) is 12.5. The van der Waals surface area contributed by atoms with Crippen LogP contribution in [0.2, 0.25) is 0 Å². The van der Waals surface area contributed by atoms with Gasteiger partial charge in [-0.1, -0.05) is 0 Å². The molecule has 3 rings (SSSR count). The molecule has 0 aliphatic carbocycles. The minimum absolute atomic E-state index is 0. The maximum atomic E-state index is 12.5. The van der Waals surface area contributed by atoms with E-state index in [9.17, 15) is 13.2 Å². The normalized spacial score (nSPS) is 19.7. The molecule has 1 unspecified atom stereocenters. The number of nitrogens with zero attached hydrogens (tertiary/aromatic N) is 1. The number of rotatable bonds is 5. The van der Waals surface area contributed by atoms with Crippen LogP contribution in [-0.4, -0.2) is 58.1 Å². The van der Waals surface area contributed by atoms with Gasteiger partial charge in [0.1, 0.15) is 0 Å². The summed E-state index contributed by atoms with van der Waals surface area (Å²) in [6.45, 7) is 2.28. The first kappa shape index (κ1) is 21.7. The van der Waals surface area contributed by atoms with Crippen LogP contribution in [0.15, 0.2) is 23.1 Å². The molecule has 1 atom stereocenters. The van der Waals surface area contributed by atoms with Crippen LogP contribution in [0.4, 0.5) is 0 Å². The number of piperidine rings is 1. The molecule has 1 aromatic rings. The molecular weight excluding hydrogens is 394 g/mol. The zero-order valence-corrected chi connectivity index (χ0v) is 16.7. The molecule has 27 heavy (non-hydrogen) atoms. The standard InChI is InChI=1S/C17H25N3O5S.ClH/c18-13-3-1-8-20(12-13)17(21)6-7-19-26(22,23)14-4-5-15-16(11-14)25-10-2-9-24-15;/h4-5,11,13,19H,1-3,6-10,12,18H2;1H. The predicted octanol–water partition coefficient (Wildman–Crippen LogP) is 0.888. The van der Waals surface area contributed by atoms with Crippen LogP contribution in [0.5, 0.6) is 11.5 Å². The average Bonchev–Trinajstić information content (AvgIpc) is 2.86. The van der Waals surface area contributed by atoms with Gasteiger partial charge in [-0.05, 0) is 25.0 Å². The molecule has 0 saturated carbocycles. The van der Waals surface area contributed by atoms with E-state index in [-0.39, 0.29) is 42.2 Å². The first-order valence-electron chi connectivity index (χ1n) is 8.88. The van der Waals surface area contributed by atoms with Crippen molar-refractivity contribution in [3.05, 3.63) is 18.2 Å². The van der Waals surface area contributed by atoms with Gasteiger partial charge in [-0.25, -0.2) is 13.1 Å². The van der Waals surface area contributed by atoms with Gasteiger partial charge < -0.3 is 20.1 Å². The lowest BCUT2D eigenvalue weighted by atomic mass is 10.1. The second-order valence-corrected chi connectivity index (χ2v) is 8.32. The summed E-state index contributed by atoms with van der Waals surface area (Å²) in [6, 6.07) is 4.52. The zero-order chi connectivity index (χ0) is 18.6. The summed E-state index contributed by atoms with van der Waals surface area (Å²) >= 11 is 0. The predicted molar refractivity (Wildman–Crippen MR) is 103 cm³/mol. The number of benzene rings is 1. The topological polar surface area (TPSA) is 111 Å². The fraction of sp³-hybridized carbons (Fsp3) is 0.588. The Morgan fingerprint density at radius 3 is 2.70 bits per heavy atom. The third-order valence-corrected chi connectivity index (χ3v) is 5.93. The number of hydrogen-bond donors (Lipinski definition) is 2. The summed E-state index contributed by atoms with van der Waals surface area (Å²) in [4.78, 5) is 14.0. The average molecular weight is 420 g/mol. The highest BCUT2D eigenvalue weighted by Crippen LogP contribution is 2.31. The van der Waals surface area contributed by atoms with Gasteiger partial charge in [-0.15, -0.1) is 12.4 Å². The maximum absolute atomic E-state index is 12.5. The van der Waals surface area contributed by atoms with Crippen molar-refractivity contribution < 1.29 is 22.7 Å². The summed E-state index contributed by atoms with van der Waals surface area (Å²) in [5.41, 5.74) is 5.88. The Morgan fingerprint density at radius 2 is 1.96 bits per heavy atom. The van der Waals surface area contributed by atoms with Crippen molar-refractivity contribution in [2.24, 2.45) is 5.73 Å². The second-order valence-electron chi connectivity index (χ2n) is 6.55. The first-order valence-corrected chi connectivity index (χ1v) is 10.4. The third-order valence-electron chi connectivity index (χ3n) is 4.47. The molecule has 8 nitrogen and oxygen atoms in total. The van der Waals surface area contributed by atoms with Gasteiger partial charge in [0.25, 0.3) is 0 Å². The lowest BCUT2D eigenvalue weighted by Gasteiger charge is -2.30. The van der Waals surface area contributed by atoms with E-state index >= 15 is 0 Å². The molecule has 1 amide bonds. The van der Waals surface area contributed by atoms with Crippen molar-refractivity contribution in [3.63, 3.8) is 0 Å². The Balaban J connectivity index is 0.00000261. The Bertz CT molecular complexity index is 759. The Labute approximate surface area is 165 Å². The van der Waals surface area contributed by atoms with Gasteiger partial charge in [0, 0.05) is 44.6 Å². The van der Waals surface area contributed by atoms with E-state index in [0.717, 1.165) is 19.3 Å². The van der Waals surface area contributed by atoms with Crippen LogP contribution in [0.1, 0.15) is 25.7 Å².